The molecule has 2 nitrogen and oxygen atoms in total. The third-order valence-corrected chi connectivity index (χ3v) is 4.11. The summed E-state index contributed by atoms with van der Waals surface area (Å²) in [5.74, 6) is 0. The minimum absolute atomic E-state index is 0.714. The van der Waals surface area contributed by atoms with Gasteiger partial charge in [0, 0.05) is 22.1 Å². The second-order valence-corrected chi connectivity index (χ2v) is 5.91. The van der Waals surface area contributed by atoms with Crippen LogP contribution in [-0.4, -0.2) is 0 Å². The molecule has 0 atom stereocenters. The number of hydrogen-bond acceptors (Lipinski definition) is 1. The van der Waals surface area contributed by atoms with Crippen LogP contribution in [0.1, 0.15) is 0 Å². The highest BCUT2D eigenvalue weighted by Crippen LogP contribution is 2.26. The second kappa shape index (κ2) is 6.66. The normalized spacial score (nSPS) is 10.3. The summed E-state index contributed by atoms with van der Waals surface area (Å²) >= 11 is 7.58. The minimum Gasteiger partial charge on any atom is -0.404 e. The molecule has 1 aromatic heterocycles. The lowest BCUT2D eigenvalue weighted by atomic mass is 10.3. The van der Waals surface area contributed by atoms with Crippen LogP contribution in [0.3, 0.4) is 0 Å². The van der Waals surface area contributed by atoms with Gasteiger partial charge in [-0.1, -0.05) is 47.6 Å². The average molecular weight is 313 g/mol. The molecule has 4 heteroatoms. The van der Waals surface area contributed by atoms with Crippen LogP contribution in [-0.2, 0) is 0 Å². The summed E-state index contributed by atoms with van der Waals surface area (Å²) in [5, 5.41) is 1.77. The topological polar surface area (TPSA) is 18.0 Å². The van der Waals surface area contributed by atoms with Crippen molar-refractivity contribution in [2.45, 2.75) is 9.92 Å². The molecule has 2 aromatic carbocycles. The average Bonchev–Trinajstić information content (AvgIpc) is 2.52. The van der Waals surface area contributed by atoms with Gasteiger partial charge in [0.05, 0.1) is 0 Å². The van der Waals surface area contributed by atoms with Gasteiger partial charge in [-0.2, -0.15) is 0 Å². The van der Waals surface area contributed by atoms with Gasteiger partial charge in [-0.05, 0) is 42.1 Å². The number of benzene rings is 2. The molecule has 3 rings (SSSR count). The maximum absolute atomic E-state index is 5.90. The minimum atomic E-state index is 0.714. The van der Waals surface area contributed by atoms with Gasteiger partial charge in [0.25, 0.3) is 0 Å². The first kappa shape index (κ1) is 14.0. The number of nitrogens with zero attached hydrogens (tertiary/aromatic N) is 2. The lowest BCUT2D eigenvalue weighted by molar-refractivity contribution is -0.658. The van der Waals surface area contributed by atoms with E-state index in [0.717, 1.165) is 10.7 Å². The van der Waals surface area contributed by atoms with Gasteiger partial charge in [0.2, 0.25) is 5.03 Å². The molecule has 0 N–H and O–H groups in total. The monoisotopic (exact) mass is 312 g/mol. The molecule has 0 aliphatic carbocycles. The molecule has 0 fully saturated rings. The molecule has 0 radical (unpaired) electrons. The molecule has 3 aromatic rings. The fourth-order valence-corrected chi connectivity index (χ4v) is 2.83. The van der Waals surface area contributed by atoms with E-state index in [4.69, 9.17) is 11.6 Å². The Morgan fingerprint density at radius 3 is 2.29 bits per heavy atom. The lowest BCUT2D eigenvalue weighted by Gasteiger charge is -2.16. The van der Waals surface area contributed by atoms with Gasteiger partial charge in [0.1, 0.15) is 0 Å². The second-order valence-electron chi connectivity index (χ2n) is 4.37. The van der Waals surface area contributed by atoms with E-state index in [1.165, 1.54) is 4.90 Å². The van der Waals surface area contributed by atoms with Crippen LogP contribution in [0.5, 0.6) is 0 Å². The predicted molar refractivity (Wildman–Crippen MR) is 87.1 cm³/mol. The predicted octanol–water partition coefficient (Wildman–Crippen LogP) is 5.25. The summed E-state index contributed by atoms with van der Waals surface area (Å²) in [7, 11) is 0. The first-order valence-corrected chi connectivity index (χ1v) is 7.72. The zero-order chi connectivity index (χ0) is 14.5. The molecular weight excluding hydrogens is 300 g/mol. The summed E-state index contributed by atoms with van der Waals surface area (Å²) in [6, 6.07) is 23.8. The molecule has 104 valence electrons. The highest BCUT2D eigenvalue weighted by Gasteiger charge is 2.06. The highest BCUT2D eigenvalue weighted by molar-refractivity contribution is 7.99. The van der Waals surface area contributed by atoms with Crippen molar-refractivity contribution in [2.75, 3.05) is 0 Å². The Kier molecular flexibility index (Phi) is 4.43. The Bertz CT molecular complexity index is 714. The van der Waals surface area contributed by atoms with E-state index in [1.807, 2.05) is 65.5 Å². The summed E-state index contributed by atoms with van der Waals surface area (Å²) < 4.78 is 1.88. The van der Waals surface area contributed by atoms with E-state index in [0.29, 0.717) is 5.02 Å². The molecule has 21 heavy (non-hydrogen) atoms. The molecule has 0 aliphatic heterocycles. The van der Waals surface area contributed by atoms with Crippen LogP contribution < -0.4 is 4.68 Å². The summed E-state index contributed by atoms with van der Waals surface area (Å²) in [6.07, 6.45) is 1.94. The van der Waals surface area contributed by atoms with Gasteiger partial charge < -0.3 is 5.43 Å². The lowest BCUT2D eigenvalue weighted by Crippen LogP contribution is -2.30. The SMILES string of the molecule is Clc1ccc([N-][n+]2ccccc2Sc2ccccc2)cc1. The Morgan fingerprint density at radius 1 is 0.810 bits per heavy atom. The van der Waals surface area contributed by atoms with Crippen molar-refractivity contribution < 1.29 is 4.68 Å². The van der Waals surface area contributed by atoms with E-state index < -0.39 is 0 Å². The maximum atomic E-state index is 5.90. The molecule has 0 spiro atoms. The molecule has 0 amide bonds. The van der Waals surface area contributed by atoms with Crippen molar-refractivity contribution in [1.29, 1.82) is 0 Å². The zero-order valence-corrected chi connectivity index (χ0v) is 12.8. The van der Waals surface area contributed by atoms with E-state index >= 15 is 0 Å². The summed E-state index contributed by atoms with van der Waals surface area (Å²) in [5.41, 5.74) is 5.48. The molecule has 0 aliphatic rings. The standard InChI is InChI=1S/C17H13ClN2S/c18-14-9-11-15(12-10-14)19-20-13-5-4-8-17(20)21-16-6-2-1-3-7-16/h1-13H. The van der Waals surface area contributed by atoms with Crippen molar-refractivity contribution in [2.24, 2.45) is 0 Å². The molecule has 0 saturated carbocycles. The van der Waals surface area contributed by atoms with Crippen LogP contribution in [0.25, 0.3) is 5.43 Å². The third-order valence-electron chi connectivity index (χ3n) is 2.82. The van der Waals surface area contributed by atoms with E-state index in [-0.39, 0.29) is 0 Å². The number of hydrogen-bond donors (Lipinski definition) is 0. The van der Waals surface area contributed by atoms with Crippen LogP contribution in [0.2, 0.25) is 5.02 Å². The third kappa shape index (κ3) is 3.78. The van der Waals surface area contributed by atoms with Gasteiger partial charge in [0.15, 0.2) is 6.20 Å². The fraction of sp³-hybridized carbons (Fsp3) is 0. The number of aromatic nitrogens is 1. The zero-order valence-electron chi connectivity index (χ0n) is 11.2. The van der Waals surface area contributed by atoms with E-state index in [9.17, 15) is 0 Å². The van der Waals surface area contributed by atoms with Crippen LogP contribution in [0.15, 0.2) is 88.9 Å². The summed E-state index contributed by atoms with van der Waals surface area (Å²) in [6.45, 7) is 0. The molecule has 0 bridgehead atoms. The van der Waals surface area contributed by atoms with Crippen LogP contribution in [0.4, 0.5) is 5.69 Å². The summed E-state index contributed by atoms with van der Waals surface area (Å²) in [4.78, 5) is 1.18. The smallest absolute Gasteiger partial charge is 0.240 e. The van der Waals surface area contributed by atoms with Crippen LogP contribution in [0, 0.1) is 0 Å². The molecule has 0 saturated heterocycles. The van der Waals surface area contributed by atoms with Crippen molar-refractivity contribution >= 4 is 29.1 Å². The van der Waals surface area contributed by atoms with Crippen molar-refractivity contribution in [3.63, 3.8) is 0 Å². The van der Waals surface area contributed by atoms with Crippen molar-refractivity contribution in [3.8, 4) is 0 Å². The van der Waals surface area contributed by atoms with Crippen LogP contribution >= 0.6 is 23.4 Å². The van der Waals surface area contributed by atoms with E-state index in [2.05, 4.69) is 23.6 Å². The van der Waals surface area contributed by atoms with Gasteiger partial charge in [-0.3, -0.25) is 0 Å². The molecule has 1 heterocycles. The Balaban J connectivity index is 1.84. The Labute approximate surface area is 133 Å². The van der Waals surface area contributed by atoms with Gasteiger partial charge in [-0.25, -0.2) is 4.68 Å². The quantitative estimate of drug-likeness (QED) is 0.602. The molecule has 0 unspecified atom stereocenters. The number of halogens is 1. The first-order chi connectivity index (χ1) is 10.3. The first-order valence-electron chi connectivity index (χ1n) is 6.52. The number of pyridine rings is 1. The van der Waals surface area contributed by atoms with Gasteiger partial charge in [-0.15, -0.1) is 0 Å². The number of rotatable bonds is 4. The Morgan fingerprint density at radius 2 is 1.52 bits per heavy atom. The Hall–Kier alpha value is -1.97. The van der Waals surface area contributed by atoms with Crippen molar-refractivity contribution in [3.05, 3.63) is 89.4 Å². The fourth-order valence-electron chi connectivity index (χ4n) is 1.82. The van der Waals surface area contributed by atoms with Gasteiger partial charge >= 0.3 is 0 Å². The largest absolute Gasteiger partial charge is 0.404 e. The maximum Gasteiger partial charge on any atom is 0.240 e. The van der Waals surface area contributed by atoms with Crippen molar-refractivity contribution in [1.82, 2.24) is 0 Å². The van der Waals surface area contributed by atoms with E-state index in [1.54, 1.807) is 11.8 Å². The molecular formula is C17H13ClN2S. The highest BCUT2D eigenvalue weighted by atomic mass is 35.5.